The molecule has 6 nitrogen and oxygen atoms in total. The fourth-order valence-electron chi connectivity index (χ4n) is 4.95. The van der Waals surface area contributed by atoms with Crippen molar-refractivity contribution in [3.05, 3.63) is 42.0 Å². The van der Waals surface area contributed by atoms with Gasteiger partial charge in [0, 0.05) is 0 Å². The molecule has 2 aliphatic carbocycles. The van der Waals surface area contributed by atoms with Crippen molar-refractivity contribution in [2.75, 3.05) is 0 Å². The molecule has 3 aliphatic rings. The molecule has 3 fully saturated rings. The van der Waals surface area contributed by atoms with E-state index in [1.54, 1.807) is 12.1 Å². The average Bonchev–Trinajstić information content (AvgIpc) is 3.17. The van der Waals surface area contributed by atoms with Crippen LogP contribution in [0, 0.1) is 12.8 Å². The SMILES string of the molecule is C=C1C[C@@H](C=O)[C@]12N(S(=O)(=O)c1ccc(C)cc1)C(=O)OC21CCCC1. The lowest BCUT2D eigenvalue weighted by atomic mass is 9.55. The highest BCUT2D eigenvalue weighted by atomic mass is 32.2. The number of nitrogens with zero attached hydrogens (tertiary/aromatic N) is 1. The van der Waals surface area contributed by atoms with Crippen LogP contribution in [-0.4, -0.2) is 36.2 Å². The molecule has 26 heavy (non-hydrogen) atoms. The number of aldehydes is 1. The summed E-state index contributed by atoms with van der Waals surface area (Å²) in [5, 5.41) is 0. The van der Waals surface area contributed by atoms with Crippen molar-refractivity contribution in [3.63, 3.8) is 0 Å². The van der Waals surface area contributed by atoms with Crippen LogP contribution < -0.4 is 0 Å². The highest BCUT2D eigenvalue weighted by Gasteiger charge is 2.76. The number of sulfonamides is 1. The van der Waals surface area contributed by atoms with E-state index >= 15 is 0 Å². The Morgan fingerprint density at radius 1 is 1.23 bits per heavy atom. The van der Waals surface area contributed by atoms with E-state index in [0.29, 0.717) is 24.8 Å². The predicted octanol–water partition coefficient (Wildman–Crippen LogP) is 2.96. The Balaban J connectivity index is 1.92. The number of amides is 1. The molecule has 1 heterocycles. The van der Waals surface area contributed by atoms with E-state index in [2.05, 4.69) is 6.58 Å². The van der Waals surface area contributed by atoms with Crippen LogP contribution in [0.1, 0.15) is 37.7 Å². The van der Waals surface area contributed by atoms with Crippen LogP contribution in [0.3, 0.4) is 0 Å². The first kappa shape index (κ1) is 17.3. The zero-order valence-electron chi connectivity index (χ0n) is 14.6. The standard InChI is InChI=1S/C19H21NO5S/c1-13-5-7-16(8-6-13)26(23,24)20-17(22)25-18(9-3-4-10-18)19(20)14(2)11-15(19)12-21/h5-8,12,15H,2-4,9-11H2,1H3/t15-,19+/m0/s1. The first-order valence-corrected chi connectivity index (χ1v) is 10.2. The Hall–Kier alpha value is -2.15. The van der Waals surface area contributed by atoms with Crippen LogP contribution in [0.2, 0.25) is 0 Å². The van der Waals surface area contributed by atoms with Gasteiger partial charge in [-0.25, -0.2) is 13.2 Å². The molecule has 0 radical (unpaired) electrons. The maximum atomic E-state index is 13.4. The summed E-state index contributed by atoms with van der Waals surface area (Å²) in [4.78, 5) is 24.6. The summed E-state index contributed by atoms with van der Waals surface area (Å²) < 4.78 is 33.3. The van der Waals surface area contributed by atoms with Crippen molar-refractivity contribution in [2.24, 2.45) is 5.92 Å². The Morgan fingerprint density at radius 2 is 1.85 bits per heavy atom. The minimum atomic E-state index is -4.17. The summed E-state index contributed by atoms with van der Waals surface area (Å²) in [6, 6.07) is 6.31. The fraction of sp³-hybridized carbons (Fsp3) is 0.474. The van der Waals surface area contributed by atoms with Crippen LogP contribution in [0.5, 0.6) is 0 Å². The van der Waals surface area contributed by atoms with Gasteiger partial charge in [0.05, 0.1) is 10.8 Å². The topological polar surface area (TPSA) is 80.8 Å². The van der Waals surface area contributed by atoms with Gasteiger partial charge in [-0.2, -0.15) is 4.31 Å². The molecule has 138 valence electrons. The average molecular weight is 375 g/mol. The molecule has 2 saturated carbocycles. The van der Waals surface area contributed by atoms with Gasteiger partial charge in [0.2, 0.25) is 0 Å². The van der Waals surface area contributed by atoms with Gasteiger partial charge in [0.15, 0.2) is 0 Å². The second-order valence-electron chi connectivity index (χ2n) is 7.47. The number of carbonyl (C=O) groups excluding carboxylic acids is 2. The largest absolute Gasteiger partial charge is 0.439 e. The molecule has 0 bridgehead atoms. The number of ether oxygens (including phenoxy) is 1. The van der Waals surface area contributed by atoms with Crippen molar-refractivity contribution in [1.82, 2.24) is 4.31 Å². The number of hydrogen-bond donors (Lipinski definition) is 0. The third kappa shape index (κ3) is 1.89. The molecule has 1 aromatic rings. The second kappa shape index (κ2) is 5.42. The lowest BCUT2D eigenvalue weighted by Crippen LogP contribution is -2.70. The predicted molar refractivity (Wildman–Crippen MR) is 93.9 cm³/mol. The van der Waals surface area contributed by atoms with E-state index in [1.807, 2.05) is 6.92 Å². The van der Waals surface area contributed by atoms with Gasteiger partial charge in [-0.15, -0.1) is 0 Å². The minimum Gasteiger partial charge on any atom is -0.439 e. The van der Waals surface area contributed by atoms with Crippen molar-refractivity contribution in [1.29, 1.82) is 0 Å². The monoisotopic (exact) mass is 375 g/mol. The van der Waals surface area contributed by atoms with Crippen molar-refractivity contribution < 1.29 is 22.7 Å². The molecule has 0 unspecified atom stereocenters. The number of aryl methyl sites for hydroxylation is 1. The van der Waals surface area contributed by atoms with Gasteiger partial charge in [-0.1, -0.05) is 24.3 Å². The maximum Gasteiger partial charge on any atom is 0.425 e. The highest BCUT2D eigenvalue weighted by Crippen LogP contribution is 2.63. The normalized spacial score (nSPS) is 29.9. The fourth-order valence-corrected chi connectivity index (χ4v) is 6.68. The van der Waals surface area contributed by atoms with Crippen LogP contribution in [0.25, 0.3) is 0 Å². The molecule has 0 aromatic heterocycles. The first-order valence-electron chi connectivity index (χ1n) is 8.78. The number of benzene rings is 1. The lowest BCUT2D eigenvalue weighted by Gasteiger charge is -2.55. The number of rotatable bonds is 3. The lowest BCUT2D eigenvalue weighted by molar-refractivity contribution is -0.121. The zero-order valence-corrected chi connectivity index (χ0v) is 15.4. The van der Waals surface area contributed by atoms with Crippen LogP contribution >= 0.6 is 0 Å². The van der Waals surface area contributed by atoms with Crippen LogP contribution in [0.4, 0.5) is 4.79 Å². The van der Waals surface area contributed by atoms with Crippen molar-refractivity contribution in [3.8, 4) is 0 Å². The van der Waals surface area contributed by atoms with Gasteiger partial charge < -0.3 is 9.53 Å². The zero-order chi connectivity index (χ0) is 18.7. The first-order chi connectivity index (χ1) is 12.3. The molecular formula is C19H21NO5S. The molecular weight excluding hydrogens is 354 g/mol. The molecule has 7 heteroatoms. The summed E-state index contributed by atoms with van der Waals surface area (Å²) in [6.45, 7) is 5.87. The third-order valence-electron chi connectivity index (χ3n) is 6.14. The molecule has 1 aliphatic heterocycles. The summed E-state index contributed by atoms with van der Waals surface area (Å²) in [6.07, 6.45) is 2.96. The van der Waals surface area contributed by atoms with Crippen LogP contribution in [0.15, 0.2) is 41.3 Å². The summed E-state index contributed by atoms with van der Waals surface area (Å²) in [7, 11) is -4.17. The van der Waals surface area contributed by atoms with Crippen molar-refractivity contribution in [2.45, 2.75) is 55.1 Å². The van der Waals surface area contributed by atoms with E-state index < -0.39 is 33.2 Å². The Kier molecular flexibility index (Phi) is 3.60. The van der Waals surface area contributed by atoms with E-state index in [1.165, 1.54) is 12.1 Å². The van der Waals surface area contributed by atoms with Gasteiger partial charge in [0.1, 0.15) is 17.4 Å². The smallest absolute Gasteiger partial charge is 0.425 e. The summed E-state index contributed by atoms with van der Waals surface area (Å²) >= 11 is 0. The highest BCUT2D eigenvalue weighted by molar-refractivity contribution is 7.89. The van der Waals surface area contributed by atoms with E-state index in [0.717, 1.165) is 29.0 Å². The molecule has 0 N–H and O–H groups in total. The maximum absolute atomic E-state index is 13.4. The van der Waals surface area contributed by atoms with Crippen molar-refractivity contribution >= 4 is 22.4 Å². The van der Waals surface area contributed by atoms with Gasteiger partial charge >= 0.3 is 6.09 Å². The Bertz CT molecular complexity index is 898. The third-order valence-corrected chi connectivity index (χ3v) is 7.93. The Morgan fingerprint density at radius 3 is 2.38 bits per heavy atom. The van der Waals surface area contributed by atoms with Gasteiger partial charge in [-0.05, 0) is 56.7 Å². The summed E-state index contributed by atoms with van der Waals surface area (Å²) in [5.41, 5.74) is -0.791. The molecule has 4 rings (SSSR count). The Labute approximate surface area is 152 Å². The molecule has 2 atom stereocenters. The van der Waals surface area contributed by atoms with E-state index in [9.17, 15) is 18.0 Å². The molecule has 1 saturated heterocycles. The van der Waals surface area contributed by atoms with Gasteiger partial charge in [-0.3, -0.25) is 0 Å². The number of carbonyl (C=O) groups is 2. The second-order valence-corrected chi connectivity index (χ2v) is 9.26. The minimum absolute atomic E-state index is 0.0128. The van der Waals surface area contributed by atoms with E-state index in [4.69, 9.17) is 4.74 Å². The van der Waals surface area contributed by atoms with E-state index in [-0.39, 0.29) is 4.90 Å². The van der Waals surface area contributed by atoms with Crippen LogP contribution in [-0.2, 0) is 19.6 Å². The van der Waals surface area contributed by atoms with Gasteiger partial charge in [0.25, 0.3) is 10.0 Å². The quantitative estimate of drug-likeness (QED) is 0.599. The molecule has 2 spiro atoms. The molecule has 1 aromatic carbocycles. The summed E-state index contributed by atoms with van der Waals surface area (Å²) in [5.74, 6) is -0.625. The number of fused-ring (bicyclic) bond motifs is 1. The molecule has 1 amide bonds. The number of hydrogen-bond acceptors (Lipinski definition) is 5.